The van der Waals surface area contributed by atoms with E-state index in [0.29, 0.717) is 5.69 Å². The van der Waals surface area contributed by atoms with E-state index in [2.05, 4.69) is 10.3 Å². The summed E-state index contributed by atoms with van der Waals surface area (Å²) in [6.45, 7) is 0.878. The third kappa shape index (κ3) is 2.19. The summed E-state index contributed by atoms with van der Waals surface area (Å²) < 4.78 is 25.7. The van der Waals surface area contributed by atoms with Crippen molar-refractivity contribution in [3.05, 3.63) is 29.6 Å². The van der Waals surface area contributed by atoms with Crippen molar-refractivity contribution in [3.63, 3.8) is 0 Å². The van der Waals surface area contributed by atoms with Gasteiger partial charge in [-0.15, -0.1) is 12.4 Å². The number of aromatic nitrogens is 1. The molecule has 1 aliphatic rings. The zero-order valence-corrected chi connectivity index (χ0v) is 8.28. The summed E-state index contributed by atoms with van der Waals surface area (Å²) in [6, 6.07) is 0.836. The van der Waals surface area contributed by atoms with Crippen LogP contribution in [-0.4, -0.2) is 11.5 Å². The predicted octanol–water partition coefficient (Wildman–Crippen LogP) is 2.21. The lowest BCUT2D eigenvalue weighted by Crippen LogP contribution is -2.15. The van der Waals surface area contributed by atoms with E-state index in [9.17, 15) is 8.78 Å². The molecule has 1 aliphatic heterocycles. The fourth-order valence-corrected chi connectivity index (χ4v) is 1.60. The van der Waals surface area contributed by atoms with Crippen LogP contribution in [0.15, 0.2) is 12.3 Å². The Hall–Kier alpha value is -0.740. The van der Waals surface area contributed by atoms with E-state index in [1.807, 2.05) is 0 Å². The summed E-state index contributed by atoms with van der Waals surface area (Å²) in [5.41, 5.74) is 0.332. The van der Waals surface area contributed by atoms with Crippen LogP contribution in [0.1, 0.15) is 24.6 Å². The molecule has 0 spiro atoms. The van der Waals surface area contributed by atoms with Gasteiger partial charge in [-0.2, -0.15) is 0 Å². The zero-order valence-electron chi connectivity index (χ0n) is 7.46. The van der Waals surface area contributed by atoms with Crippen molar-refractivity contribution in [3.8, 4) is 0 Å². The normalized spacial score (nSPS) is 20.6. The van der Waals surface area contributed by atoms with Crippen LogP contribution in [0.4, 0.5) is 8.78 Å². The standard InChI is InChI=1S/C9H10F2N2.ClH/c10-6-4-7(11)9(13-5-6)8-2-1-3-12-8;/h4-5,8,12H,1-3H2;1H/t8-;/m1./s1. The molecule has 5 heteroatoms. The number of halogens is 3. The second kappa shape index (κ2) is 4.66. The van der Waals surface area contributed by atoms with E-state index in [1.165, 1.54) is 0 Å². The lowest BCUT2D eigenvalue weighted by molar-refractivity contribution is 0.520. The molecule has 0 amide bonds. The first-order chi connectivity index (χ1) is 6.27. The highest BCUT2D eigenvalue weighted by molar-refractivity contribution is 5.85. The number of rotatable bonds is 1. The van der Waals surface area contributed by atoms with Gasteiger partial charge in [0.15, 0.2) is 0 Å². The molecule has 1 saturated heterocycles. The highest BCUT2D eigenvalue weighted by Gasteiger charge is 2.20. The van der Waals surface area contributed by atoms with E-state index in [0.717, 1.165) is 31.6 Å². The maximum atomic E-state index is 13.2. The largest absolute Gasteiger partial charge is 0.309 e. The first kappa shape index (κ1) is 11.3. The van der Waals surface area contributed by atoms with Gasteiger partial charge in [0.25, 0.3) is 0 Å². The third-order valence-electron chi connectivity index (χ3n) is 2.23. The maximum Gasteiger partial charge on any atom is 0.149 e. The summed E-state index contributed by atoms with van der Waals surface area (Å²) in [7, 11) is 0. The van der Waals surface area contributed by atoms with E-state index < -0.39 is 11.6 Å². The van der Waals surface area contributed by atoms with Crippen molar-refractivity contribution in [1.82, 2.24) is 10.3 Å². The molecule has 2 nitrogen and oxygen atoms in total. The summed E-state index contributed by atoms with van der Waals surface area (Å²) in [4.78, 5) is 3.75. The monoisotopic (exact) mass is 220 g/mol. The maximum absolute atomic E-state index is 13.2. The van der Waals surface area contributed by atoms with Gasteiger partial charge in [0.1, 0.15) is 11.6 Å². The molecule has 1 fully saturated rings. The summed E-state index contributed by atoms with van der Waals surface area (Å²) in [6.07, 6.45) is 2.94. The molecule has 1 N–H and O–H groups in total. The number of hydrogen-bond donors (Lipinski definition) is 1. The van der Waals surface area contributed by atoms with Gasteiger partial charge >= 0.3 is 0 Å². The topological polar surface area (TPSA) is 24.9 Å². The molecular formula is C9H11ClF2N2. The van der Waals surface area contributed by atoms with Crippen molar-refractivity contribution in [1.29, 1.82) is 0 Å². The molecule has 78 valence electrons. The highest BCUT2D eigenvalue weighted by Crippen LogP contribution is 2.23. The minimum Gasteiger partial charge on any atom is -0.309 e. The molecule has 0 radical (unpaired) electrons. The Labute approximate surface area is 87.1 Å². The van der Waals surface area contributed by atoms with Crippen LogP contribution < -0.4 is 5.32 Å². The first-order valence-electron chi connectivity index (χ1n) is 4.31. The lowest BCUT2D eigenvalue weighted by Gasteiger charge is -2.09. The smallest absolute Gasteiger partial charge is 0.149 e. The van der Waals surface area contributed by atoms with Crippen molar-refractivity contribution >= 4 is 12.4 Å². The minimum atomic E-state index is -0.626. The number of nitrogens with one attached hydrogen (secondary N) is 1. The van der Waals surface area contributed by atoms with Crippen molar-refractivity contribution < 1.29 is 8.78 Å². The van der Waals surface area contributed by atoms with Gasteiger partial charge in [0, 0.05) is 6.07 Å². The average Bonchev–Trinajstić information content (AvgIpc) is 2.56. The third-order valence-corrected chi connectivity index (χ3v) is 2.23. The Morgan fingerprint density at radius 1 is 1.43 bits per heavy atom. The highest BCUT2D eigenvalue weighted by atomic mass is 35.5. The van der Waals surface area contributed by atoms with Crippen LogP contribution in [-0.2, 0) is 0 Å². The molecule has 1 aromatic rings. The van der Waals surface area contributed by atoms with Gasteiger partial charge in [-0.05, 0) is 19.4 Å². The molecule has 0 aliphatic carbocycles. The van der Waals surface area contributed by atoms with E-state index in [-0.39, 0.29) is 18.4 Å². The summed E-state index contributed by atoms with van der Waals surface area (Å²) in [5, 5.41) is 3.11. The quantitative estimate of drug-likeness (QED) is 0.785. The van der Waals surface area contributed by atoms with Crippen LogP contribution >= 0.6 is 12.4 Å². The lowest BCUT2D eigenvalue weighted by atomic mass is 10.1. The second-order valence-corrected chi connectivity index (χ2v) is 3.17. The molecule has 2 heterocycles. The molecule has 0 bridgehead atoms. The van der Waals surface area contributed by atoms with E-state index >= 15 is 0 Å². The van der Waals surface area contributed by atoms with Crippen molar-refractivity contribution in [2.24, 2.45) is 0 Å². The second-order valence-electron chi connectivity index (χ2n) is 3.17. The summed E-state index contributed by atoms with van der Waals surface area (Å²) >= 11 is 0. The minimum absolute atomic E-state index is 0. The fraction of sp³-hybridized carbons (Fsp3) is 0.444. The van der Waals surface area contributed by atoms with Gasteiger partial charge in [0.05, 0.1) is 17.9 Å². The Bertz CT molecular complexity index is 314. The van der Waals surface area contributed by atoms with E-state index in [1.54, 1.807) is 0 Å². The van der Waals surface area contributed by atoms with Crippen molar-refractivity contribution in [2.45, 2.75) is 18.9 Å². The van der Waals surface area contributed by atoms with E-state index in [4.69, 9.17) is 0 Å². The predicted molar refractivity (Wildman–Crippen MR) is 51.4 cm³/mol. The van der Waals surface area contributed by atoms with Gasteiger partial charge in [0.2, 0.25) is 0 Å². The molecule has 0 unspecified atom stereocenters. The van der Waals surface area contributed by atoms with Crippen LogP contribution in [0.2, 0.25) is 0 Å². The average molecular weight is 221 g/mol. The van der Waals surface area contributed by atoms with Crippen LogP contribution in [0.25, 0.3) is 0 Å². The summed E-state index contributed by atoms with van der Waals surface area (Å²) in [5.74, 6) is -1.18. The first-order valence-corrected chi connectivity index (χ1v) is 4.31. The fourth-order valence-electron chi connectivity index (χ4n) is 1.60. The van der Waals surface area contributed by atoms with Gasteiger partial charge in [-0.1, -0.05) is 0 Å². The van der Waals surface area contributed by atoms with Crippen LogP contribution in [0.5, 0.6) is 0 Å². The van der Waals surface area contributed by atoms with Crippen LogP contribution in [0, 0.1) is 11.6 Å². The van der Waals surface area contributed by atoms with Crippen molar-refractivity contribution in [2.75, 3.05) is 6.54 Å². The molecule has 0 saturated carbocycles. The van der Waals surface area contributed by atoms with Gasteiger partial charge in [-0.25, -0.2) is 8.78 Å². The SMILES string of the molecule is Cl.Fc1cnc([C@H]2CCCN2)c(F)c1. The zero-order chi connectivity index (χ0) is 9.26. The Morgan fingerprint density at radius 2 is 2.21 bits per heavy atom. The Morgan fingerprint density at radius 3 is 2.79 bits per heavy atom. The molecule has 2 rings (SSSR count). The van der Waals surface area contributed by atoms with Gasteiger partial charge in [-0.3, -0.25) is 4.98 Å². The Kier molecular flexibility index (Phi) is 3.77. The number of nitrogens with zero attached hydrogens (tertiary/aromatic N) is 1. The Balaban J connectivity index is 0.000000980. The number of hydrogen-bond acceptors (Lipinski definition) is 2. The van der Waals surface area contributed by atoms with Crippen LogP contribution in [0.3, 0.4) is 0 Å². The molecule has 1 atom stereocenters. The molecule has 14 heavy (non-hydrogen) atoms. The molecular weight excluding hydrogens is 210 g/mol. The molecule has 0 aromatic carbocycles. The molecule has 1 aromatic heterocycles. The van der Waals surface area contributed by atoms with Gasteiger partial charge < -0.3 is 5.32 Å². The number of pyridine rings is 1.